The molecule has 0 rings (SSSR count). The molecule has 0 amide bonds. The molecule has 4 N–H and O–H groups in total. The topological polar surface area (TPSA) is 95.9 Å². The van der Waals surface area contributed by atoms with E-state index in [1.165, 1.54) is 43.2 Å². The highest BCUT2D eigenvalue weighted by molar-refractivity contribution is 8.14. The van der Waals surface area contributed by atoms with Crippen molar-refractivity contribution in [1.82, 2.24) is 0 Å². The predicted molar refractivity (Wildman–Crippen MR) is 88.0 cm³/mol. The van der Waals surface area contributed by atoms with Gasteiger partial charge in [-0.3, -0.25) is 4.79 Å². The fraction of sp³-hybridized carbons (Fsp3) is 0.846. The van der Waals surface area contributed by atoms with Gasteiger partial charge in [0.1, 0.15) is 11.1 Å². The van der Waals surface area contributed by atoms with Crippen LogP contribution in [0.3, 0.4) is 0 Å². The highest BCUT2D eigenvalue weighted by atomic mass is 32.2. The van der Waals surface area contributed by atoms with E-state index in [1.54, 1.807) is 0 Å². The first kappa shape index (κ1) is 19.6. The molecule has 0 aromatic rings. The maximum absolute atomic E-state index is 10.6. The van der Waals surface area contributed by atoms with Gasteiger partial charge < -0.3 is 16.0 Å². The number of carboxylic acids is 1. The van der Waals surface area contributed by atoms with Crippen molar-refractivity contribution < 1.29 is 15.1 Å². The lowest BCUT2D eigenvalue weighted by Gasteiger charge is -2.07. The van der Waals surface area contributed by atoms with Gasteiger partial charge in [-0.15, -0.1) is 11.8 Å². The number of nitrogens with zero attached hydrogens (tertiary/aromatic N) is 1. The molecule has 0 bridgehead atoms. The van der Waals surface area contributed by atoms with Gasteiger partial charge in [0.15, 0.2) is 0 Å². The molecule has 0 saturated heterocycles. The Kier molecular flexibility index (Phi) is 13.3. The molecule has 118 valence electrons. The second-order valence-corrected chi connectivity index (χ2v) is 6.69. The van der Waals surface area contributed by atoms with Crippen molar-refractivity contribution in [3.63, 3.8) is 0 Å². The van der Waals surface area contributed by atoms with Crippen LogP contribution in [-0.2, 0) is 4.79 Å². The van der Waals surface area contributed by atoms with Crippen molar-refractivity contribution >= 4 is 34.5 Å². The molecule has 0 aliphatic carbocycles. The third-order valence-corrected chi connectivity index (χ3v) is 4.69. The van der Waals surface area contributed by atoms with Crippen LogP contribution in [0.2, 0.25) is 0 Å². The highest BCUT2D eigenvalue weighted by Crippen LogP contribution is 2.14. The van der Waals surface area contributed by atoms with Gasteiger partial charge in [0.2, 0.25) is 0 Å². The Bertz CT molecular complexity index is 289. The fourth-order valence-corrected chi connectivity index (χ4v) is 2.99. The number of carboxylic acid groups (broad SMARTS) is 1. The molecule has 0 spiro atoms. The number of unbranched alkanes of at least 4 members (excludes halogenated alkanes) is 5. The molecular weight excluding hydrogens is 296 g/mol. The minimum absolute atomic E-state index is 0.239. The maximum Gasteiger partial charge on any atom is 0.321 e. The third-order valence-electron chi connectivity index (χ3n) is 2.85. The largest absolute Gasteiger partial charge is 0.480 e. The Morgan fingerprint density at radius 2 is 1.80 bits per heavy atom. The SMILES string of the molecule is CSCCCCCCCCC(=NO)SCC(N)C(=O)O. The van der Waals surface area contributed by atoms with Crippen LogP contribution < -0.4 is 5.73 Å². The molecular formula is C13H26N2O3S2. The quantitative estimate of drug-likeness (QED) is 0.168. The predicted octanol–water partition coefficient (Wildman–Crippen LogP) is 3.01. The Morgan fingerprint density at radius 3 is 2.35 bits per heavy atom. The molecule has 0 aliphatic rings. The van der Waals surface area contributed by atoms with E-state index in [-0.39, 0.29) is 5.75 Å². The molecule has 1 unspecified atom stereocenters. The van der Waals surface area contributed by atoms with Crippen LogP contribution in [0.4, 0.5) is 0 Å². The maximum atomic E-state index is 10.6. The first-order valence-electron chi connectivity index (χ1n) is 6.92. The molecule has 0 saturated carbocycles. The average molecular weight is 322 g/mol. The zero-order valence-corrected chi connectivity index (χ0v) is 13.7. The molecule has 0 aliphatic heterocycles. The highest BCUT2D eigenvalue weighted by Gasteiger charge is 2.13. The van der Waals surface area contributed by atoms with Gasteiger partial charge in [-0.25, -0.2) is 0 Å². The molecule has 20 heavy (non-hydrogen) atoms. The molecule has 5 nitrogen and oxygen atoms in total. The average Bonchev–Trinajstić information content (AvgIpc) is 2.44. The van der Waals surface area contributed by atoms with Crippen LogP contribution in [0.15, 0.2) is 5.16 Å². The van der Waals surface area contributed by atoms with E-state index in [2.05, 4.69) is 11.4 Å². The van der Waals surface area contributed by atoms with E-state index in [9.17, 15) is 4.79 Å². The number of carbonyl (C=O) groups is 1. The van der Waals surface area contributed by atoms with Crippen molar-refractivity contribution in [1.29, 1.82) is 0 Å². The minimum atomic E-state index is -1.03. The van der Waals surface area contributed by atoms with Crippen molar-refractivity contribution in [2.75, 3.05) is 17.8 Å². The number of aliphatic carboxylic acids is 1. The first-order valence-corrected chi connectivity index (χ1v) is 9.30. The lowest BCUT2D eigenvalue weighted by atomic mass is 10.1. The summed E-state index contributed by atoms with van der Waals surface area (Å²) in [4.78, 5) is 10.6. The summed E-state index contributed by atoms with van der Waals surface area (Å²) in [5, 5.41) is 21.3. The molecule has 7 heteroatoms. The second-order valence-electron chi connectivity index (χ2n) is 4.61. The summed E-state index contributed by atoms with van der Waals surface area (Å²) in [6.45, 7) is 0. The standard InChI is InChI=1S/C13H26N2O3S2/c1-19-9-7-5-3-2-4-6-8-12(15-18)20-10-11(14)13(16)17/h11,18H,2-10,14H2,1H3,(H,16,17). The van der Waals surface area contributed by atoms with Crippen LogP contribution >= 0.6 is 23.5 Å². The number of nitrogens with two attached hydrogens (primary N) is 1. The molecule has 0 fully saturated rings. The van der Waals surface area contributed by atoms with E-state index in [0.29, 0.717) is 11.5 Å². The van der Waals surface area contributed by atoms with Crippen LogP contribution in [0.25, 0.3) is 0 Å². The van der Waals surface area contributed by atoms with E-state index < -0.39 is 12.0 Å². The number of hydrogen-bond donors (Lipinski definition) is 3. The molecule has 0 radical (unpaired) electrons. The lowest BCUT2D eigenvalue weighted by molar-refractivity contribution is -0.137. The van der Waals surface area contributed by atoms with Gasteiger partial charge in [-0.05, 0) is 31.3 Å². The first-order chi connectivity index (χ1) is 9.61. The van der Waals surface area contributed by atoms with E-state index >= 15 is 0 Å². The van der Waals surface area contributed by atoms with Gasteiger partial charge in [0.25, 0.3) is 0 Å². The zero-order valence-electron chi connectivity index (χ0n) is 12.1. The number of thioether (sulfide) groups is 2. The van der Waals surface area contributed by atoms with Gasteiger partial charge in [0.05, 0.1) is 0 Å². The number of oxime groups is 1. The fourth-order valence-electron chi connectivity index (χ4n) is 1.64. The van der Waals surface area contributed by atoms with Gasteiger partial charge in [0, 0.05) is 5.75 Å². The van der Waals surface area contributed by atoms with Crippen LogP contribution in [0.1, 0.15) is 44.9 Å². The van der Waals surface area contributed by atoms with Crippen molar-refractivity contribution in [3.8, 4) is 0 Å². The second kappa shape index (κ2) is 13.6. The Balaban J connectivity index is 3.54. The summed E-state index contributed by atoms with van der Waals surface area (Å²) >= 11 is 3.11. The monoisotopic (exact) mass is 322 g/mol. The Labute approximate surface area is 129 Å². The van der Waals surface area contributed by atoms with Gasteiger partial charge >= 0.3 is 5.97 Å². The zero-order chi connectivity index (χ0) is 15.2. The molecule has 0 aromatic heterocycles. The summed E-state index contributed by atoms with van der Waals surface area (Å²) in [5.74, 6) is 0.450. The van der Waals surface area contributed by atoms with Crippen LogP contribution in [0.5, 0.6) is 0 Å². The smallest absolute Gasteiger partial charge is 0.321 e. The van der Waals surface area contributed by atoms with E-state index in [0.717, 1.165) is 12.8 Å². The van der Waals surface area contributed by atoms with Crippen molar-refractivity contribution in [2.24, 2.45) is 10.9 Å². The summed E-state index contributed by atoms with van der Waals surface area (Å²) in [6, 6.07) is -0.909. The summed E-state index contributed by atoms with van der Waals surface area (Å²) in [7, 11) is 0. The van der Waals surface area contributed by atoms with E-state index in [4.69, 9.17) is 16.0 Å². The Hall–Kier alpha value is -0.400. The van der Waals surface area contributed by atoms with Gasteiger partial charge in [-0.1, -0.05) is 30.8 Å². The molecule has 0 heterocycles. The molecule has 0 aromatic carbocycles. The van der Waals surface area contributed by atoms with Crippen LogP contribution in [-0.4, -0.2) is 45.1 Å². The van der Waals surface area contributed by atoms with E-state index in [1.807, 2.05) is 11.8 Å². The lowest BCUT2D eigenvalue weighted by Crippen LogP contribution is -2.32. The Morgan fingerprint density at radius 1 is 1.20 bits per heavy atom. The summed E-state index contributed by atoms with van der Waals surface area (Å²) < 4.78 is 0. The van der Waals surface area contributed by atoms with Crippen molar-refractivity contribution in [3.05, 3.63) is 0 Å². The molecule has 1 atom stereocenters. The van der Waals surface area contributed by atoms with Crippen molar-refractivity contribution in [2.45, 2.75) is 51.0 Å². The minimum Gasteiger partial charge on any atom is -0.480 e. The number of hydrogen-bond acceptors (Lipinski definition) is 6. The number of rotatable bonds is 12. The van der Waals surface area contributed by atoms with Gasteiger partial charge in [-0.2, -0.15) is 11.8 Å². The van der Waals surface area contributed by atoms with Crippen LogP contribution in [0, 0.1) is 0 Å². The summed E-state index contributed by atoms with van der Waals surface area (Å²) in [6.07, 6.45) is 9.93. The normalized spacial score (nSPS) is 13.4. The third kappa shape index (κ3) is 11.4. The summed E-state index contributed by atoms with van der Waals surface area (Å²) in [5.41, 5.74) is 5.40.